The van der Waals surface area contributed by atoms with Crippen LogP contribution < -0.4 is 5.73 Å². The molecule has 0 spiro atoms. The summed E-state index contributed by atoms with van der Waals surface area (Å²) < 4.78 is 0.966. The normalized spacial score (nSPS) is 10.1. The predicted octanol–water partition coefficient (Wildman–Crippen LogP) is 3.46. The molecule has 0 fully saturated rings. The second-order valence-electron chi connectivity index (χ2n) is 2.80. The molecule has 13 heavy (non-hydrogen) atoms. The molecule has 0 bridgehead atoms. The van der Waals surface area contributed by atoms with Gasteiger partial charge in [0.1, 0.15) is 0 Å². The average molecular weight is 261 g/mol. The van der Waals surface area contributed by atoms with Crippen molar-refractivity contribution in [3.05, 3.63) is 39.8 Å². The first-order valence-corrected chi connectivity index (χ1v) is 5.15. The third kappa shape index (κ3) is 3.14. The Hall–Kier alpha value is -0.310. The Bertz CT molecular complexity index is 302. The molecular formula is C10H11BrClN. The van der Waals surface area contributed by atoms with E-state index < -0.39 is 0 Å². The molecule has 0 aliphatic carbocycles. The summed E-state index contributed by atoms with van der Waals surface area (Å²) in [5.41, 5.74) is 7.50. The molecule has 1 rings (SSSR count). The first kappa shape index (κ1) is 10.8. The van der Waals surface area contributed by atoms with E-state index in [0.717, 1.165) is 22.0 Å². The molecule has 0 atom stereocenters. The van der Waals surface area contributed by atoms with Crippen LogP contribution in [0.5, 0.6) is 0 Å². The molecule has 70 valence electrons. The van der Waals surface area contributed by atoms with E-state index >= 15 is 0 Å². The first-order chi connectivity index (χ1) is 6.13. The third-order valence-corrected chi connectivity index (χ3v) is 2.39. The SMILES string of the molecule is C=C(CCN)c1cc(Cl)cc(Br)c1. The highest BCUT2D eigenvalue weighted by Crippen LogP contribution is 2.24. The molecule has 0 aliphatic heterocycles. The minimum atomic E-state index is 0.614. The highest BCUT2D eigenvalue weighted by molar-refractivity contribution is 9.10. The van der Waals surface area contributed by atoms with Gasteiger partial charge in [0, 0.05) is 9.50 Å². The third-order valence-electron chi connectivity index (χ3n) is 1.72. The van der Waals surface area contributed by atoms with Crippen LogP contribution in [-0.2, 0) is 0 Å². The van der Waals surface area contributed by atoms with Gasteiger partial charge in [0.05, 0.1) is 0 Å². The van der Waals surface area contributed by atoms with Crippen molar-refractivity contribution in [2.24, 2.45) is 5.73 Å². The molecule has 0 aromatic heterocycles. The number of halogens is 2. The van der Waals surface area contributed by atoms with E-state index in [9.17, 15) is 0 Å². The van der Waals surface area contributed by atoms with Crippen molar-refractivity contribution < 1.29 is 0 Å². The molecule has 2 N–H and O–H groups in total. The molecular weight excluding hydrogens is 249 g/mol. The maximum atomic E-state index is 5.89. The van der Waals surface area contributed by atoms with E-state index in [-0.39, 0.29) is 0 Å². The van der Waals surface area contributed by atoms with E-state index in [0.29, 0.717) is 11.6 Å². The maximum Gasteiger partial charge on any atom is 0.0423 e. The minimum Gasteiger partial charge on any atom is -0.330 e. The summed E-state index contributed by atoms with van der Waals surface area (Å²) in [5, 5.41) is 0.711. The van der Waals surface area contributed by atoms with Crippen molar-refractivity contribution in [2.45, 2.75) is 6.42 Å². The van der Waals surface area contributed by atoms with E-state index in [1.54, 1.807) is 0 Å². The van der Waals surface area contributed by atoms with Crippen LogP contribution in [0.15, 0.2) is 29.3 Å². The molecule has 1 aromatic carbocycles. The van der Waals surface area contributed by atoms with Gasteiger partial charge in [0.25, 0.3) is 0 Å². The Morgan fingerprint density at radius 3 is 2.69 bits per heavy atom. The van der Waals surface area contributed by atoms with Crippen molar-refractivity contribution in [1.82, 2.24) is 0 Å². The van der Waals surface area contributed by atoms with Gasteiger partial charge < -0.3 is 5.73 Å². The van der Waals surface area contributed by atoms with Gasteiger partial charge in [-0.25, -0.2) is 0 Å². The second-order valence-corrected chi connectivity index (χ2v) is 4.15. The number of benzene rings is 1. The quantitative estimate of drug-likeness (QED) is 0.885. The van der Waals surface area contributed by atoms with Gasteiger partial charge >= 0.3 is 0 Å². The van der Waals surface area contributed by atoms with Gasteiger partial charge in [0.2, 0.25) is 0 Å². The van der Waals surface area contributed by atoms with Crippen LogP contribution in [0, 0.1) is 0 Å². The number of nitrogens with two attached hydrogens (primary N) is 1. The molecule has 0 heterocycles. The smallest absolute Gasteiger partial charge is 0.0423 e. The molecule has 0 unspecified atom stereocenters. The molecule has 0 amide bonds. The summed E-state index contributed by atoms with van der Waals surface area (Å²) >= 11 is 9.27. The Kier molecular flexibility index (Phi) is 3.97. The van der Waals surface area contributed by atoms with E-state index in [1.807, 2.05) is 18.2 Å². The molecule has 3 heteroatoms. The lowest BCUT2D eigenvalue weighted by Crippen LogP contribution is -1.99. The summed E-state index contributed by atoms with van der Waals surface area (Å²) in [5.74, 6) is 0. The van der Waals surface area contributed by atoms with Crippen molar-refractivity contribution in [3.8, 4) is 0 Å². The Labute approximate surface area is 91.7 Å². The van der Waals surface area contributed by atoms with Gasteiger partial charge in [-0.05, 0) is 42.3 Å². The zero-order chi connectivity index (χ0) is 9.84. The monoisotopic (exact) mass is 259 g/mol. The summed E-state index contributed by atoms with van der Waals surface area (Å²) in [4.78, 5) is 0. The lowest BCUT2D eigenvalue weighted by atomic mass is 10.1. The summed E-state index contributed by atoms with van der Waals surface area (Å²) in [7, 11) is 0. The highest BCUT2D eigenvalue weighted by atomic mass is 79.9. The lowest BCUT2D eigenvalue weighted by molar-refractivity contribution is 1.02. The van der Waals surface area contributed by atoms with E-state index in [4.69, 9.17) is 17.3 Å². The molecule has 1 aromatic rings. The first-order valence-electron chi connectivity index (χ1n) is 3.98. The van der Waals surface area contributed by atoms with Gasteiger partial charge in [0.15, 0.2) is 0 Å². The lowest BCUT2D eigenvalue weighted by Gasteiger charge is -2.05. The van der Waals surface area contributed by atoms with Crippen molar-refractivity contribution in [2.75, 3.05) is 6.54 Å². The fourth-order valence-electron chi connectivity index (χ4n) is 1.08. The van der Waals surface area contributed by atoms with Gasteiger partial charge in [-0.3, -0.25) is 0 Å². The fraction of sp³-hybridized carbons (Fsp3) is 0.200. The predicted molar refractivity (Wildman–Crippen MR) is 61.9 cm³/mol. The van der Waals surface area contributed by atoms with Crippen molar-refractivity contribution >= 4 is 33.1 Å². The average Bonchev–Trinajstić information content (AvgIpc) is 2.03. The Balaban J connectivity index is 2.94. The maximum absolute atomic E-state index is 5.89. The summed E-state index contributed by atoms with van der Waals surface area (Å²) in [6.07, 6.45) is 0.798. The van der Waals surface area contributed by atoms with Crippen molar-refractivity contribution in [1.29, 1.82) is 0 Å². The highest BCUT2D eigenvalue weighted by Gasteiger charge is 2.00. The topological polar surface area (TPSA) is 26.0 Å². The Morgan fingerprint density at radius 1 is 1.46 bits per heavy atom. The van der Waals surface area contributed by atoms with Crippen LogP contribution >= 0.6 is 27.5 Å². The molecule has 0 saturated carbocycles. The zero-order valence-corrected chi connectivity index (χ0v) is 9.53. The van der Waals surface area contributed by atoms with Crippen LogP contribution in [0.4, 0.5) is 0 Å². The van der Waals surface area contributed by atoms with E-state index in [1.165, 1.54) is 0 Å². The molecule has 0 saturated heterocycles. The minimum absolute atomic E-state index is 0.614. The van der Waals surface area contributed by atoms with Crippen LogP contribution in [0.2, 0.25) is 5.02 Å². The largest absolute Gasteiger partial charge is 0.330 e. The van der Waals surface area contributed by atoms with Crippen LogP contribution in [0.25, 0.3) is 5.57 Å². The van der Waals surface area contributed by atoms with Crippen LogP contribution in [-0.4, -0.2) is 6.54 Å². The molecule has 0 radical (unpaired) electrons. The van der Waals surface area contributed by atoms with Crippen molar-refractivity contribution in [3.63, 3.8) is 0 Å². The number of hydrogen-bond acceptors (Lipinski definition) is 1. The summed E-state index contributed by atoms with van der Waals surface area (Å²) in [6.45, 7) is 4.55. The second kappa shape index (κ2) is 4.80. The summed E-state index contributed by atoms with van der Waals surface area (Å²) in [6, 6.07) is 5.73. The molecule has 1 nitrogen and oxygen atoms in total. The fourth-order valence-corrected chi connectivity index (χ4v) is 1.94. The van der Waals surface area contributed by atoms with Gasteiger partial charge in [-0.1, -0.05) is 34.1 Å². The number of rotatable bonds is 3. The van der Waals surface area contributed by atoms with E-state index in [2.05, 4.69) is 22.5 Å². The van der Waals surface area contributed by atoms with Gasteiger partial charge in [-0.15, -0.1) is 0 Å². The number of hydrogen-bond donors (Lipinski definition) is 1. The zero-order valence-electron chi connectivity index (χ0n) is 7.19. The molecule has 0 aliphatic rings. The standard InChI is InChI=1S/C10H11BrClN/c1-7(2-3-13)8-4-9(11)6-10(12)5-8/h4-6H,1-3,13H2. The Morgan fingerprint density at radius 2 is 2.15 bits per heavy atom. The van der Waals surface area contributed by atoms with Crippen LogP contribution in [0.3, 0.4) is 0 Å². The van der Waals surface area contributed by atoms with Gasteiger partial charge in [-0.2, -0.15) is 0 Å². The van der Waals surface area contributed by atoms with Crippen LogP contribution in [0.1, 0.15) is 12.0 Å².